The van der Waals surface area contributed by atoms with Crippen LogP contribution in [0.1, 0.15) is 5.56 Å². The minimum atomic E-state index is -0.440. The van der Waals surface area contributed by atoms with E-state index in [2.05, 4.69) is 5.32 Å². The van der Waals surface area contributed by atoms with Gasteiger partial charge in [-0.2, -0.15) is 0 Å². The summed E-state index contributed by atoms with van der Waals surface area (Å²) in [6, 6.07) is 7.49. The van der Waals surface area contributed by atoms with Gasteiger partial charge in [-0.1, -0.05) is 18.2 Å². The Kier molecular flexibility index (Phi) is 1.77. The summed E-state index contributed by atoms with van der Waals surface area (Å²) in [6.45, 7) is 0. The molecule has 1 aliphatic heterocycles. The largest absolute Gasteiger partial charge is 0.503 e. The summed E-state index contributed by atoms with van der Waals surface area (Å²) >= 11 is 0. The lowest BCUT2D eigenvalue weighted by molar-refractivity contribution is -0.115. The van der Waals surface area contributed by atoms with Gasteiger partial charge >= 0.3 is 0 Å². The highest BCUT2D eigenvalue weighted by Gasteiger charge is 2.13. The molecular weight excluding hydrogens is 166 g/mol. The van der Waals surface area contributed by atoms with E-state index in [4.69, 9.17) is 0 Å². The van der Waals surface area contributed by atoms with Crippen molar-refractivity contribution in [3.8, 4) is 0 Å². The monoisotopic (exact) mass is 175 g/mol. The fourth-order valence-corrected chi connectivity index (χ4v) is 1.31. The second-order valence-electron chi connectivity index (χ2n) is 2.90. The van der Waals surface area contributed by atoms with Crippen LogP contribution in [-0.2, 0) is 11.2 Å². The predicted molar refractivity (Wildman–Crippen MR) is 49.5 cm³/mol. The number of carbonyl (C=O) groups excluding carboxylic acids is 1. The molecule has 0 bridgehead atoms. The molecule has 0 spiro atoms. The van der Waals surface area contributed by atoms with Crippen LogP contribution in [-0.4, -0.2) is 11.0 Å². The topological polar surface area (TPSA) is 49.3 Å². The molecular formula is C10H9NO2. The third-order valence-corrected chi connectivity index (χ3v) is 2.01. The number of nitrogens with one attached hydrogen (secondary N) is 1. The number of hydrogen-bond donors (Lipinski definition) is 2. The number of carbonyl (C=O) groups is 1. The Morgan fingerprint density at radius 3 is 2.92 bits per heavy atom. The molecule has 1 heterocycles. The Morgan fingerprint density at radius 1 is 1.31 bits per heavy atom. The zero-order valence-electron chi connectivity index (χ0n) is 6.95. The first-order chi connectivity index (χ1) is 6.27. The zero-order valence-corrected chi connectivity index (χ0v) is 6.95. The lowest BCUT2D eigenvalue weighted by Crippen LogP contribution is -2.12. The summed E-state index contributed by atoms with van der Waals surface area (Å²) in [7, 11) is 0. The Balaban J connectivity index is 2.44. The molecule has 0 saturated heterocycles. The molecule has 3 heteroatoms. The number of aliphatic hydroxyl groups is 1. The summed E-state index contributed by atoms with van der Waals surface area (Å²) in [6.07, 6.45) is 2.10. The van der Waals surface area contributed by atoms with Crippen molar-refractivity contribution < 1.29 is 9.90 Å². The lowest BCUT2D eigenvalue weighted by Gasteiger charge is -2.04. The number of amides is 1. The van der Waals surface area contributed by atoms with Crippen LogP contribution in [0.2, 0.25) is 0 Å². The molecule has 0 saturated carbocycles. The molecule has 2 N–H and O–H groups in total. The van der Waals surface area contributed by atoms with Gasteiger partial charge in [0.05, 0.1) is 0 Å². The number of fused-ring (bicyclic) bond motifs is 1. The first-order valence-electron chi connectivity index (χ1n) is 4.06. The van der Waals surface area contributed by atoms with Gasteiger partial charge in [-0.05, 0) is 24.1 Å². The predicted octanol–water partition coefficient (Wildman–Crippen LogP) is 1.62. The Hall–Kier alpha value is -1.77. The minimum Gasteiger partial charge on any atom is -0.503 e. The fraction of sp³-hybridized carbons (Fsp3) is 0.100. The third kappa shape index (κ3) is 1.40. The van der Waals surface area contributed by atoms with E-state index in [-0.39, 0.29) is 5.76 Å². The van der Waals surface area contributed by atoms with Crippen LogP contribution in [0.3, 0.4) is 0 Å². The molecule has 0 fully saturated rings. The maximum absolute atomic E-state index is 11.1. The molecule has 13 heavy (non-hydrogen) atoms. The zero-order chi connectivity index (χ0) is 9.26. The molecule has 1 aromatic rings. The maximum atomic E-state index is 11.1. The SMILES string of the molecule is O=C1Nc2ccccc2CC=C1O. The molecule has 0 atom stereocenters. The Morgan fingerprint density at radius 2 is 2.08 bits per heavy atom. The van der Waals surface area contributed by atoms with E-state index in [1.54, 1.807) is 0 Å². The van der Waals surface area contributed by atoms with Crippen LogP contribution >= 0.6 is 0 Å². The van der Waals surface area contributed by atoms with Crippen molar-refractivity contribution in [2.45, 2.75) is 6.42 Å². The number of aliphatic hydroxyl groups excluding tert-OH is 1. The highest BCUT2D eigenvalue weighted by Crippen LogP contribution is 2.19. The van der Waals surface area contributed by atoms with Gasteiger partial charge in [-0.3, -0.25) is 4.79 Å². The van der Waals surface area contributed by atoms with Gasteiger partial charge in [0.25, 0.3) is 5.91 Å². The lowest BCUT2D eigenvalue weighted by atomic mass is 10.1. The smallest absolute Gasteiger partial charge is 0.290 e. The van der Waals surface area contributed by atoms with Gasteiger partial charge in [0.15, 0.2) is 5.76 Å². The van der Waals surface area contributed by atoms with Crippen molar-refractivity contribution in [1.82, 2.24) is 0 Å². The van der Waals surface area contributed by atoms with E-state index in [1.807, 2.05) is 24.3 Å². The molecule has 1 aliphatic rings. The normalized spacial score (nSPS) is 15.4. The number of rotatable bonds is 0. The molecule has 0 aromatic heterocycles. The van der Waals surface area contributed by atoms with E-state index >= 15 is 0 Å². The molecule has 2 rings (SSSR count). The van der Waals surface area contributed by atoms with Crippen LogP contribution in [0.5, 0.6) is 0 Å². The Labute approximate surface area is 75.7 Å². The van der Waals surface area contributed by atoms with Gasteiger partial charge in [0, 0.05) is 5.69 Å². The van der Waals surface area contributed by atoms with Gasteiger partial charge in [0.2, 0.25) is 0 Å². The standard InChI is InChI=1S/C10H9NO2/c12-9-6-5-7-3-1-2-4-8(7)11-10(9)13/h1-4,6,12H,5H2,(H,11,13). The van der Waals surface area contributed by atoms with Crippen molar-refractivity contribution >= 4 is 11.6 Å². The quantitative estimate of drug-likeness (QED) is 0.629. The second-order valence-corrected chi connectivity index (χ2v) is 2.90. The van der Waals surface area contributed by atoms with Crippen LogP contribution in [0.15, 0.2) is 36.1 Å². The molecule has 1 aromatic carbocycles. The maximum Gasteiger partial charge on any atom is 0.290 e. The van der Waals surface area contributed by atoms with Crippen LogP contribution in [0.4, 0.5) is 5.69 Å². The summed E-state index contributed by atoms with van der Waals surface area (Å²) in [4.78, 5) is 11.1. The van der Waals surface area contributed by atoms with Crippen LogP contribution in [0.25, 0.3) is 0 Å². The summed E-state index contributed by atoms with van der Waals surface area (Å²) in [5.74, 6) is -0.652. The third-order valence-electron chi connectivity index (χ3n) is 2.01. The number of benzene rings is 1. The summed E-state index contributed by atoms with van der Waals surface area (Å²) < 4.78 is 0. The van der Waals surface area contributed by atoms with Crippen molar-refractivity contribution in [3.63, 3.8) is 0 Å². The second kappa shape index (κ2) is 2.94. The van der Waals surface area contributed by atoms with Gasteiger partial charge in [-0.15, -0.1) is 0 Å². The van der Waals surface area contributed by atoms with E-state index in [0.29, 0.717) is 6.42 Å². The molecule has 1 amide bonds. The summed E-state index contributed by atoms with van der Waals surface area (Å²) in [5.41, 5.74) is 1.78. The van der Waals surface area contributed by atoms with E-state index in [1.165, 1.54) is 6.08 Å². The number of allylic oxidation sites excluding steroid dienone is 1. The molecule has 0 unspecified atom stereocenters. The molecule has 3 nitrogen and oxygen atoms in total. The van der Waals surface area contributed by atoms with Crippen molar-refractivity contribution in [3.05, 3.63) is 41.7 Å². The van der Waals surface area contributed by atoms with Gasteiger partial charge in [0.1, 0.15) is 0 Å². The highest BCUT2D eigenvalue weighted by atomic mass is 16.3. The minimum absolute atomic E-state index is 0.212. The van der Waals surface area contributed by atoms with E-state index in [0.717, 1.165) is 11.3 Å². The van der Waals surface area contributed by atoms with Crippen LogP contribution < -0.4 is 5.32 Å². The number of para-hydroxylation sites is 1. The Bertz CT molecular complexity index is 382. The highest BCUT2D eigenvalue weighted by molar-refractivity contribution is 6.03. The van der Waals surface area contributed by atoms with E-state index < -0.39 is 5.91 Å². The van der Waals surface area contributed by atoms with Crippen molar-refractivity contribution in [1.29, 1.82) is 0 Å². The van der Waals surface area contributed by atoms with Gasteiger partial charge < -0.3 is 10.4 Å². The first-order valence-corrected chi connectivity index (χ1v) is 4.06. The summed E-state index contributed by atoms with van der Waals surface area (Å²) in [5, 5.41) is 11.8. The van der Waals surface area contributed by atoms with Crippen molar-refractivity contribution in [2.24, 2.45) is 0 Å². The first kappa shape index (κ1) is 7.86. The van der Waals surface area contributed by atoms with Gasteiger partial charge in [-0.25, -0.2) is 0 Å². The molecule has 0 radical (unpaired) electrons. The van der Waals surface area contributed by atoms with E-state index in [9.17, 15) is 9.90 Å². The molecule has 66 valence electrons. The number of anilines is 1. The average Bonchev–Trinajstić information content (AvgIpc) is 2.28. The molecule has 0 aliphatic carbocycles. The van der Waals surface area contributed by atoms with Crippen molar-refractivity contribution in [2.75, 3.05) is 5.32 Å². The fourth-order valence-electron chi connectivity index (χ4n) is 1.31. The number of hydrogen-bond acceptors (Lipinski definition) is 2. The van der Waals surface area contributed by atoms with Crippen LogP contribution in [0, 0.1) is 0 Å². The average molecular weight is 175 g/mol.